The molecule has 1 aliphatic rings. The predicted molar refractivity (Wildman–Crippen MR) is 79.4 cm³/mol. The second-order valence-electron chi connectivity index (χ2n) is 5.48. The Kier molecular flexibility index (Phi) is 5.17. The summed E-state index contributed by atoms with van der Waals surface area (Å²) in [6, 6.07) is 1.71. The van der Waals surface area contributed by atoms with Gasteiger partial charge in [0.25, 0.3) is 0 Å². The normalized spacial score (nSPS) is 17.5. The Morgan fingerprint density at radius 3 is 2.62 bits per heavy atom. The molecule has 0 spiro atoms. The van der Waals surface area contributed by atoms with Crippen molar-refractivity contribution in [3.8, 4) is 0 Å². The maximum Gasteiger partial charge on any atom is 0.230 e. The average molecular weight is 317 g/mol. The molecule has 1 heterocycles. The van der Waals surface area contributed by atoms with Crippen LogP contribution in [-0.4, -0.2) is 19.0 Å². The standard InChI is InChI=1S/C15H19ClF2N2O/c1-2-3-15(4-6-19-7-5-15)14(21)20-13-11(16)8-10(17)9-12(13)18/h8-9,19H,2-7H2,1H3,(H,20,21). The van der Waals surface area contributed by atoms with Crippen molar-refractivity contribution < 1.29 is 13.6 Å². The zero-order valence-corrected chi connectivity index (χ0v) is 12.7. The number of benzene rings is 1. The fraction of sp³-hybridized carbons (Fsp3) is 0.533. The highest BCUT2D eigenvalue weighted by Crippen LogP contribution is 2.36. The molecule has 1 amide bonds. The van der Waals surface area contributed by atoms with E-state index in [0.717, 1.165) is 38.1 Å². The SMILES string of the molecule is CCCC1(C(=O)Nc2c(F)cc(F)cc2Cl)CCNCC1. The lowest BCUT2D eigenvalue weighted by molar-refractivity contribution is -0.127. The summed E-state index contributed by atoms with van der Waals surface area (Å²) in [5, 5.41) is 5.65. The van der Waals surface area contributed by atoms with Crippen LogP contribution in [0.25, 0.3) is 0 Å². The van der Waals surface area contributed by atoms with Gasteiger partial charge in [0.2, 0.25) is 5.91 Å². The third-order valence-corrected chi connectivity index (χ3v) is 4.31. The van der Waals surface area contributed by atoms with Crippen LogP contribution < -0.4 is 10.6 Å². The van der Waals surface area contributed by atoms with E-state index in [1.165, 1.54) is 0 Å². The lowest BCUT2D eigenvalue weighted by Crippen LogP contribution is -2.45. The number of halogens is 3. The molecule has 0 aliphatic carbocycles. The number of amides is 1. The van der Waals surface area contributed by atoms with Crippen molar-refractivity contribution in [3.05, 3.63) is 28.8 Å². The molecule has 0 radical (unpaired) electrons. The van der Waals surface area contributed by atoms with Gasteiger partial charge in [-0.3, -0.25) is 4.79 Å². The molecule has 1 aliphatic heterocycles. The number of carbonyl (C=O) groups excluding carboxylic acids is 1. The smallest absolute Gasteiger partial charge is 0.230 e. The summed E-state index contributed by atoms with van der Waals surface area (Å²) in [5.74, 6) is -1.85. The van der Waals surface area contributed by atoms with E-state index in [1.807, 2.05) is 6.92 Å². The molecule has 1 saturated heterocycles. The van der Waals surface area contributed by atoms with Crippen LogP contribution in [0.15, 0.2) is 12.1 Å². The minimum Gasteiger partial charge on any atom is -0.322 e. The molecule has 2 N–H and O–H groups in total. The summed E-state index contributed by atoms with van der Waals surface area (Å²) in [7, 11) is 0. The third kappa shape index (κ3) is 3.52. The predicted octanol–water partition coefficient (Wildman–Crippen LogP) is 3.73. The van der Waals surface area contributed by atoms with Crippen LogP contribution in [0.3, 0.4) is 0 Å². The van der Waals surface area contributed by atoms with Gasteiger partial charge in [-0.1, -0.05) is 24.9 Å². The van der Waals surface area contributed by atoms with Crippen molar-refractivity contribution in [2.45, 2.75) is 32.6 Å². The summed E-state index contributed by atoms with van der Waals surface area (Å²) >= 11 is 5.83. The molecular formula is C15H19ClF2N2O. The van der Waals surface area contributed by atoms with Gasteiger partial charge in [0.1, 0.15) is 5.82 Å². The zero-order valence-electron chi connectivity index (χ0n) is 11.9. The molecule has 116 valence electrons. The number of anilines is 1. The molecule has 2 rings (SSSR count). The van der Waals surface area contributed by atoms with Crippen LogP contribution in [0.1, 0.15) is 32.6 Å². The van der Waals surface area contributed by atoms with Crippen LogP contribution in [0.4, 0.5) is 14.5 Å². The third-order valence-electron chi connectivity index (χ3n) is 4.02. The molecule has 0 bridgehead atoms. The average Bonchev–Trinajstić information content (AvgIpc) is 2.44. The monoisotopic (exact) mass is 316 g/mol. The van der Waals surface area contributed by atoms with Crippen molar-refractivity contribution >= 4 is 23.2 Å². The maximum atomic E-state index is 13.8. The van der Waals surface area contributed by atoms with Crippen LogP contribution in [0, 0.1) is 17.0 Å². The molecule has 6 heteroatoms. The van der Waals surface area contributed by atoms with E-state index in [1.54, 1.807) is 0 Å². The molecular weight excluding hydrogens is 298 g/mol. The highest BCUT2D eigenvalue weighted by Gasteiger charge is 2.39. The van der Waals surface area contributed by atoms with Crippen LogP contribution in [-0.2, 0) is 4.79 Å². The minimum atomic E-state index is -0.853. The number of piperidine rings is 1. The van der Waals surface area contributed by atoms with Gasteiger partial charge in [0.15, 0.2) is 5.82 Å². The number of hydrogen-bond acceptors (Lipinski definition) is 2. The Labute approximate surface area is 128 Å². The highest BCUT2D eigenvalue weighted by atomic mass is 35.5. The second kappa shape index (κ2) is 6.71. The lowest BCUT2D eigenvalue weighted by atomic mass is 9.74. The molecule has 0 saturated carbocycles. The van der Waals surface area contributed by atoms with Crippen LogP contribution >= 0.6 is 11.6 Å². The molecule has 1 aromatic rings. The first-order valence-electron chi connectivity index (χ1n) is 7.15. The van der Waals surface area contributed by atoms with Crippen LogP contribution in [0.2, 0.25) is 5.02 Å². The number of hydrogen-bond donors (Lipinski definition) is 2. The Balaban J connectivity index is 2.23. The fourth-order valence-electron chi connectivity index (χ4n) is 2.88. The fourth-order valence-corrected chi connectivity index (χ4v) is 3.12. The van der Waals surface area contributed by atoms with Gasteiger partial charge in [0.05, 0.1) is 16.1 Å². The summed E-state index contributed by atoms with van der Waals surface area (Å²) in [6.45, 7) is 3.53. The van der Waals surface area contributed by atoms with E-state index in [9.17, 15) is 13.6 Å². The molecule has 0 aromatic heterocycles. The molecule has 3 nitrogen and oxygen atoms in total. The highest BCUT2D eigenvalue weighted by molar-refractivity contribution is 6.33. The Morgan fingerprint density at radius 1 is 1.38 bits per heavy atom. The second-order valence-corrected chi connectivity index (χ2v) is 5.89. The van der Waals surface area contributed by atoms with E-state index >= 15 is 0 Å². The Morgan fingerprint density at radius 2 is 2.05 bits per heavy atom. The maximum absolute atomic E-state index is 13.8. The van der Waals surface area contributed by atoms with Gasteiger partial charge in [0, 0.05) is 6.07 Å². The Hall–Kier alpha value is -1.20. The van der Waals surface area contributed by atoms with Crippen LogP contribution in [0.5, 0.6) is 0 Å². The summed E-state index contributed by atoms with van der Waals surface area (Å²) in [4.78, 5) is 12.6. The molecule has 0 atom stereocenters. The van der Waals surface area contributed by atoms with Crippen molar-refractivity contribution in [1.82, 2.24) is 5.32 Å². The van der Waals surface area contributed by atoms with E-state index in [0.29, 0.717) is 12.8 Å². The number of rotatable bonds is 4. The van der Waals surface area contributed by atoms with Crippen molar-refractivity contribution in [2.24, 2.45) is 5.41 Å². The first kappa shape index (κ1) is 16.2. The molecule has 21 heavy (non-hydrogen) atoms. The first-order valence-corrected chi connectivity index (χ1v) is 7.53. The van der Waals surface area contributed by atoms with Gasteiger partial charge in [-0.15, -0.1) is 0 Å². The topological polar surface area (TPSA) is 41.1 Å². The van der Waals surface area contributed by atoms with E-state index < -0.39 is 17.0 Å². The molecule has 1 fully saturated rings. The lowest BCUT2D eigenvalue weighted by Gasteiger charge is -2.36. The zero-order chi connectivity index (χ0) is 15.5. The van der Waals surface area contributed by atoms with E-state index in [2.05, 4.69) is 10.6 Å². The first-order chi connectivity index (χ1) is 9.98. The number of carbonyl (C=O) groups is 1. The molecule has 1 aromatic carbocycles. The van der Waals surface area contributed by atoms with Crippen molar-refractivity contribution in [2.75, 3.05) is 18.4 Å². The van der Waals surface area contributed by atoms with Gasteiger partial charge in [-0.2, -0.15) is 0 Å². The Bertz CT molecular complexity index is 502. The summed E-state index contributed by atoms with van der Waals surface area (Å²) < 4.78 is 26.8. The van der Waals surface area contributed by atoms with Crippen molar-refractivity contribution in [3.63, 3.8) is 0 Å². The van der Waals surface area contributed by atoms with E-state index in [4.69, 9.17) is 11.6 Å². The quantitative estimate of drug-likeness (QED) is 0.888. The molecule has 0 unspecified atom stereocenters. The summed E-state index contributed by atoms with van der Waals surface area (Å²) in [6.07, 6.45) is 3.01. The summed E-state index contributed by atoms with van der Waals surface area (Å²) in [5.41, 5.74) is -0.651. The van der Waals surface area contributed by atoms with Gasteiger partial charge >= 0.3 is 0 Å². The van der Waals surface area contributed by atoms with Crippen molar-refractivity contribution in [1.29, 1.82) is 0 Å². The van der Waals surface area contributed by atoms with Gasteiger partial charge in [-0.05, 0) is 38.4 Å². The minimum absolute atomic E-state index is 0.124. The van der Waals surface area contributed by atoms with E-state index in [-0.39, 0.29) is 16.6 Å². The number of nitrogens with one attached hydrogen (secondary N) is 2. The largest absolute Gasteiger partial charge is 0.322 e. The van der Waals surface area contributed by atoms with Gasteiger partial charge < -0.3 is 10.6 Å². The van der Waals surface area contributed by atoms with Gasteiger partial charge in [-0.25, -0.2) is 8.78 Å².